The predicted molar refractivity (Wildman–Crippen MR) is 105 cm³/mol. The summed E-state index contributed by atoms with van der Waals surface area (Å²) in [4.78, 5) is 25.8. The lowest BCUT2D eigenvalue weighted by atomic mass is 9.88. The van der Waals surface area contributed by atoms with Gasteiger partial charge in [-0.2, -0.15) is 0 Å². The van der Waals surface area contributed by atoms with E-state index < -0.39 is 0 Å². The largest absolute Gasteiger partial charge is 0.449 e. The normalized spacial score (nSPS) is 15.1. The minimum Gasteiger partial charge on any atom is -0.449 e. The quantitative estimate of drug-likeness (QED) is 0.786. The fourth-order valence-electron chi connectivity index (χ4n) is 3.20. The highest BCUT2D eigenvalue weighted by molar-refractivity contribution is 6.30. The first-order valence-electron chi connectivity index (χ1n) is 9.12. The number of amides is 2. The number of rotatable bonds is 7. The van der Waals surface area contributed by atoms with E-state index in [0.29, 0.717) is 37.7 Å². The number of carbonyl (C=O) groups is 2. The topological polar surface area (TPSA) is 58.6 Å². The van der Waals surface area contributed by atoms with Gasteiger partial charge >= 0.3 is 6.09 Å². The molecule has 3 rings (SSSR count). The van der Waals surface area contributed by atoms with Crippen molar-refractivity contribution in [2.75, 3.05) is 26.2 Å². The highest BCUT2D eigenvalue weighted by Gasteiger charge is 2.21. The van der Waals surface area contributed by atoms with Gasteiger partial charge in [-0.15, -0.1) is 0 Å². The van der Waals surface area contributed by atoms with Crippen molar-refractivity contribution in [2.24, 2.45) is 0 Å². The number of hydrogen-bond acceptors (Lipinski definition) is 3. The summed E-state index contributed by atoms with van der Waals surface area (Å²) in [6.07, 6.45) is 0.849. The Bertz CT molecular complexity index is 765. The number of ether oxygens (including phenoxy) is 1. The van der Waals surface area contributed by atoms with Crippen LogP contribution in [0.25, 0.3) is 0 Å². The van der Waals surface area contributed by atoms with Crippen LogP contribution >= 0.6 is 11.6 Å². The van der Waals surface area contributed by atoms with E-state index in [1.54, 1.807) is 4.90 Å². The van der Waals surface area contributed by atoms with Gasteiger partial charge in [-0.1, -0.05) is 54.1 Å². The van der Waals surface area contributed by atoms with Gasteiger partial charge in [0.05, 0.1) is 6.61 Å². The molecular formula is C21H23ClN2O3. The zero-order valence-electron chi connectivity index (χ0n) is 15.1. The van der Waals surface area contributed by atoms with Crippen molar-refractivity contribution in [1.29, 1.82) is 0 Å². The molecule has 1 N–H and O–H groups in total. The molecule has 1 atom stereocenters. The Hall–Kier alpha value is -2.53. The molecule has 0 bridgehead atoms. The van der Waals surface area contributed by atoms with Gasteiger partial charge in [0, 0.05) is 37.0 Å². The molecule has 1 aliphatic rings. The van der Waals surface area contributed by atoms with Crippen LogP contribution in [-0.2, 0) is 9.53 Å². The maximum Gasteiger partial charge on any atom is 0.409 e. The molecule has 2 aromatic rings. The number of halogens is 1. The first-order chi connectivity index (χ1) is 13.1. The first-order valence-corrected chi connectivity index (χ1v) is 9.50. The highest BCUT2D eigenvalue weighted by Crippen LogP contribution is 2.28. The van der Waals surface area contributed by atoms with Crippen LogP contribution in [0.1, 0.15) is 29.9 Å². The van der Waals surface area contributed by atoms with Crippen molar-refractivity contribution >= 4 is 23.6 Å². The molecule has 27 heavy (non-hydrogen) atoms. The summed E-state index contributed by atoms with van der Waals surface area (Å²) < 4.78 is 5.00. The molecule has 0 saturated carbocycles. The van der Waals surface area contributed by atoms with E-state index in [4.69, 9.17) is 16.3 Å². The van der Waals surface area contributed by atoms with Gasteiger partial charge in [0.15, 0.2) is 0 Å². The van der Waals surface area contributed by atoms with Gasteiger partial charge in [-0.25, -0.2) is 4.79 Å². The highest BCUT2D eigenvalue weighted by atomic mass is 35.5. The van der Waals surface area contributed by atoms with Crippen LogP contribution in [0.3, 0.4) is 0 Å². The molecule has 1 saturated heterocycles. The molecule has 6 heteroatoms. The number of nitrogens with zero attached hydrogens (tertiary/aromatic N) is 1. The van der Waals surface area contributed by atoms with Crippen molar-refractivity contribution in [3.63, 3.8) is 0 Å². The van der Waals surface area contributed by atoms with Gasteiger partial charge in [0.1, 0.15) is 0 Å². The molecule has 5 nitrogen and oxygen atoms in total. The fourth-order valence-corrected chi connectivity index (χ4v) is 3.32. The molecule has 1 fully saturated rings. The van der Waals surface area contributed by atoms with E-state index in [1.165, 1.54) is 0 Å². The molecule has 142 valence electrons. The SMILES string of the molecule is O=C(CC(c1ccccc1)c1ccc(Cl)cc1)NCCN1CCCOC1=O. The number of cyclic esters (lactones) is 1. The van der Waals surface area contributed by atoms with Gasteiger partial charge < -0.3 is 15.0 Å². The van der Waals surface area contributed by atoms with Crippen LogP contribution in [0.15, 0.2) is 54.6 Å². The first kappa shape index (κ1) is 19.2. The lowest BCUT2D eigenvalue weighted by Gasteiger charge is -2.26. The summed E-state index contributed by atoms with van der Waals surface area (Å²) in [5.41, 5.74) is 2.12. The lowest BCUT2D eigenvalue weighted by molar-refractivity contribution is -0.121. The van der Waals surface area contributed by atoms with E-state index >= 15 is 0 Å². The summed E-state index contributed by atoms with van der Waals surface area (Å²) in [5, 5.41) is 3.59. The molecule has 0 aliphatic carbocycles. The lowest BCUT2D eigenvalue weighted by Crippen LogP contribution is -2.42. The van der Waals surface area contributed by atoms with Crippen molar-refractivity contribution in [3.8, 4) is 0 Å². The minimum atomic E-state index is -0.307. The van der Waals surface area contributed by atoms with E-state index in [2.05, 4.69) is 5.32 Å². The second kappa shape index (κ2) is 9.42. The molecule has 0 aromatic heterocycles. The van der Waals surface area contributed by atoms with E-state index in [1.807, 2.05) is 54.6 Å². The van der Waals surface area contributed by atoms with Gasteiger partial charge in [-0.3, -0.25) is 4.79 Å². The Morgan fingerprint density at radius 2 is 1.81 bits per heavy atom. The van der Waals surface area contributed by atoms with Crippen molar-refractivity contribution in [2.45, 2.75) is 18.8 Å². The van der Waals surface area contributed by atoms with Crippen LogP contribution in [0.2, 0.25) is 5.02 Å². The van der Waals surface area contributed by atoms with Gasteiger partial charge in [0.25, 0.3) is 0 Å². The molecule has 2 aromatic carbocycles. The van der Waals surface area contributed by atoms with Crippen LogP contribution in [0.4, 0.5) is 4.79 Å². The maximum absolute atomic E-state index is 12.5. The van der Waals surface area contributed by atoms with E-state index in [0.717, 1.165) is 17.5 Å². The predicted octanol–water partition coefficient (Wildman–Crippen LogP) is 3.82. The van der Waals surface area contributed by atoms with Crippen LogP contribution in [0, 0.1) is 0 Å². The van der Waals surface area contributed by atoms with Crippen LogP contribution in [0.5, 0.6) is 0 Å². The van der Waals surface area contributed by atoms with E-state index in [-0.39, 0.29) is 17.9 Å². The third kappa shape index (κ3) is 5.47. The zero-order valence-corrected chi connectivity index (χ0v) is 15.8. The summed E-state index contributed by atoms with van der Waals surface area (Å²) in [7, 11) is 0. The summed E-state index contributed by atoms with van der Waals surface area (Å²) >= 11 is 6.00. The zero-order chi connectivity index (χ0) is 19.1. The summed E-state index contributed by atoms with van der Waals surface area (Å²) in [6, 6.07) is 17.5. The monoisotopic (exact) mass is 386 g/mol. The van der Waals surface area contributed by atoms with Crippen molar-refractivity contribution in [1.82, 2.24) is 10.2 Å². The van der Waals surface area contributed by atoms with Gasteiger partial charge in [0.2, 0.25) is 5.91 Å². The standard InChI is InChI=1S/C21H23ClN2O3/c22-18-9-7-17(8-10-18)19(16-5-2-1-3-6-16)15-20(25)23-11-13-24-12-4-14-27-21(24)26/h1-3,5-10,19H,4,11-15H2,(H,23,25). The Balaban J connectivity index is 1.60. The number of carbonyl (C=O) groups excluding carboxylic acids is 2. The Morgan fingerprint density at radius 1 is 1.11 bits per heavy atom. The molecule has 1 unspecified atom stereocenters. The van der Waals surface area contributed by atoms with Crippen LogP contribution in [-0.4, -0.2) is 43.1 Å². The molecule has 0 spiro atoms. The smallest absolute Gasteiger partial charge is 0.409 e. The average Bonchev–Trinajstić information content (AvgIpc) is 2.69. The molecule has 1 aliphatic heterocycles. The Kier molecular flexibility index (Phi) is 6.71. The molecule has 1 heterocycles. The summed E-state index contributed by atoms with van der Waals surface area (Å²) in [6.45, 7) is 2.02. The Morgan fingerprint density at radius 3 is 2.52 bits per heavy atom. The summed E-state index contributed by atoms with van der Waals surface area (Å²) in [5.74, 6) is -0.104. The second-order valence-electron chi connectivity index (χ2n) is 6.52. The minimum absolute atomic E-state index is 0.0517. The number of nitrogens with one attached hydrogen (secondary N) is 1. The second-order valence-corrected chi connectivity index (χ2v) is 6.96. The third-order valence-electron chi connectivity index (χ3n) is 4.62. The Labute approximate surface area is 164 Å². The number of benzene rings is 2. The fraction of sp³-hybridized carbons (Fsp3) is 0.333. The molecule has 0 radical (unpaired) electrons. The van der Waals surface area contributed by atoms with E-state index in [9.17, 15) is 9.59 Å². The molecule has 2 amide bonds. The maximum atomic E-state index is 12.5. The number of hydrogen-bond donors (Lipinski definition) is 1. The average molecular weight is 387 g/mol. The van der Waals surface area contributed by atoms with Gasteiger partial charge in [-0.05, 0) is 29.7 Å². The van der Waals surface area contributed by atoms with Crippen molar-refractivity contribution < 1.29 is 14.3 Å². The van der Waals surface area contributed by atoms with Crippen molar-refractivity contribution in [3.05, 3.63) is 70.7 Å². The molecular weight excluding hydrogens is 364 g/mol. The third-order valence-corrected chi connectivity index (χ3v) is 4.88. The van der Waals surface area contributed by atoms with Crippen LogP contribution < -0.4 is 5.32 Å².